The highest BCUT2D eigenvalue weighted by Crippen LogP contribution is 2.43. The second-order valence-electron chi connectivity index (χ2n) is 7.68. The molecule has 6 heteroatoms. The molecule has 31 heavy (non-hydrogen) atoms. The minimum absolute atomic E-state index is 0.0338. The fraction of sp³-hybridized carbons (Fsp3) is 0.160. The molecule has 0 radical (unpaired) electrons. The predicted molar refractivity (Wildman–Crippen MR) is 127 cm³/mol. The highest BCUT2D eigenvalue weighted by atomic mass is 32.1. The van der Waals surface area contributed by atoms with Crippen LogP contribution in [0.15, 0.2) is 85.2 Å². The second-order valence-corrected chi connectivity index (χ2v) is 8.07. The number of nitrogens with one attached hydrogen (secondary N) is 1. The molecule has 5 nitrogen and oxygen atoms in total. The van der Waals surface area contributed by atoms with E-state index in [1.54, 1.807) is 0 Å². The first kappa shape index (κ1) is 19.5. The van der Waals surface area contributed by atoms with Gasteiger partial charge in [-0.1, -0.05) is 30.3 Å². The van der Waals surface area contributed by atoms with Crippen LogP contribution in [-0.4, -0.2) is 19.6 Å². The van der Waals surface area contributed by atoms with Gasteiger partial charge in [-0.25, -0.2) is 4.98 Å². The summed E-state index contributed by atoms with van der Waals surface area (Å²) in [5, 5.41) is 4.24. The van der Waals surface area contributed by atoms with Gasteiger partial charge in [-0.2, -0.15) is 0 Å². The fourth-order valence-electron chi connectivity index (χ4n) is 4.46. The molecule has 0 saturated carbocycles. The van der Waals surface area contributed by atoms with Crippen molar-refractivity contribution in [2.75, 3.05) is 4.90 Å². The van der Waals surface area contributed by atoms with E-state index >= 15 is 0 Å². The summed E-state index contributed by atoms with van der Waals surface area (Å²) < 4.78 is 2.20. The van der Waals surface area contributed by atoms with Crippen LogP contribution >= 0.6 is 12.2 Å². The highest BCUT2D eigenvalue weighted by molar-refractivity contribution is 7.80. The van der Waals surface area contributed by atoms with E-state index in [0.29, 0.717) is 5.11 Å². The van der Waals surface area contributed by atoms with Crippen LogP contribution in [0.5, 0.6) is 0 Å². The van der Waals surface area contributed by atoms with Gasteiger partial charge in [0.25, 0.3) is 0 Å². The van der Waals surface area contributed by atoms with Gasteiger partial charge >= 0.3 is 0 Å². The molecule has 1 aliphatic heterocycles. The van der Waals surface area contributed by atoms with Gasteiger partial charge in [0, 0.05) is 29.5 Å². The van der Waals surface area contributed by atoms with Crippen molar-refractivity contribution in [3.8, 4) is 5.82 Å². The minimum atomic E-state index is -0.0633. The summed E-state index contributed by atoms with van der Waals surface area (Å²) >= 11 is 5.82. The van der Waals surface area contributed by atoms with Crippen LogP contribution in [0.3, 0.4) is 0 Å². The largest absolute Gasteiger partial charge is 0.351 e. The zero-order valence-electron chi connectivity index (χ0n) is 17.4. The molecule has 1 fully saturated rings. The monoisotopic (exact) mass is 425 g/mol. The van der Waals surface area contributed by atoms with E-state index < -0.39 is 0 Å². The van der Waals surface area contributed by atoms with E-state index in [1.165, 1.54) is 5.56 Å². The number of pyridine rings is 2. The number of anilines is 1. The fourth-order valence-corrected chi connectivity index (χ4v) is 4.81. The van der Waals surface area contributed by atoms with Gasteiger partial charge in [-0.3, -0.25) is 4.98 Å². The Morgan fingerprint density at radius 3 is 2.26 bits per heavy atom. The lowest BCUT2D eigenvalue weighted by molar-refractivity contribution is 0.565. The maximum Gasteiger partial charge on any atom is 0.174 e. The van der Waals surface area contributed by atoms with Crippen LogP contribution in [0.2, 0.25) is 0 Å². The van der Waals surface area contributed by atoms with E-state index in [-0.39, 0.29) is 12.1 Å². The lowest BCUT2D eigenvalue weighted by Crippen LogP contribution is -2.29. The average Bonchev–Trinajstić information content (AvgIpc) is 3.30. The first-order chi connectivity index (χ1) is 15.1. The Labute approximate surface area is 187 Å². The van der Waals surface area contributed by atoms with Crippen LogP contribution in [0.4, 0.5) is 5.69 Å². The summed E-state index contributed by atoms with van der Waals surface area (Å²) in [4.78, 5) is 11.4. The topological polar surface area (TPSA) is 46.0 Å². The van der Waals surface area contributed by atoms with Crippen molar-refractivity contribution in [3.05, 3.63) is 108 Å². The molecular formula is C25H23N5S. The molecule has 0 spiro atoms. The smallest absolute Gasteiger partial charge is 0.174 e. The van der Waals surface area contributed by atoms with E-state index in [4.69, 9.17) is 12.2 Å². The third-order valence-electron chi connectivity index (χ3n) is 5.80. The molecule has 1 aliphatic rings. The van der Waals surface area contributed by atoms with Gasteiger partial charge in [0.15, 0.2) is 5.11 Å². The lowest BCUT2D eigenvalue weighted by Gasteiger charge is -2.28. The summed E-state index contributed by atoms with van der Waals surface area (Å²) in [5.41, 5.74) is 5.52. The third-order valence-corrected chi connectivity index (χ3v) is 6.11. The molecule has 2 unspecified atom stereocenters. The number of aromatic nitrogens is 3. The molecule has 0 aliphatic carbocycles. The van der Waals surface area contributed by atoms with E-state index in [0.717, 1.165) is 28.6 Å². The number of hydrogen-bond acceptors (Lipinski definition) is 3. The number of benzene rings is 1. The number of thiocarbonyl (C=S) groups is 1. The Morgan fingerprint density at radius 1 is 0.871 bits per heavy atom. The van der Waals surface area contributed by atoms with Gasteiger partial charge in [0.2, 0.25) is 0 Å². The SMILES string of the molecule is Cc1cc(C2C(c3ccccn3)NC(=S)N2c2ccccc2)c(C)n1-c1ccccn1. The molecule has 1 aromatic carbocycles. The van der Waals surface area contributed by atoms with Crippen LogP contribution in [0.1, 0.15) is 34.7 Å². The molecule has 5 rings (SSSR count). The van der Waals surface area contributed by atoms with Crippen molar-refractivity contribution in [3.63, 3.8) is 0 Å². The van der Waals surface area contributed by atoms with Gasteiger partial charge in [-0.05, 0) is 74.1 Å². The molecule has 4 aromatic rings. The quantitative estimate of drug-likeness (QED) is 0.463. The van der Waals surface area contributed by atoms with E-state index in [2.05, 4.69) is 62.9 Å². The molecule has 2 atom stereocenters. The van der Waals surface area contributed by atoms with Crippen LogP contribution < -0.4 is 10.2 Å². The number of hydrogen-bond donors (Lipinski definition) is 1. The molecule has 0 bridgehead atoms. The maximum absolute atomic E-state index is 5.82. The van der Waals surface area contributed by atoms with Gasteiger partial charge in [0.1, 0.15) is 5.82 Å². The minimum Gasteiger partial charge on any atom is -0.351 e. The first-order valence-electron chi connectivity index (χ1n) is 10.3. The predicted octanol–water partition coefficient (Wildman–Crippen LogP) is 5.06. The Balaban J connectivity index is 1.68. The van der Waals surface area contributed by atoms with Crippen molar-refractivity contribution in [2.45, 2.75) is 25.9 Å². The zero-order valence-corrected chi connectivity index (χ0v) is 18.3. The molecule has 4 heterocycles. The van der Waals surface area contributed by atoms with Crippen molar-refractivity contribution in [1.29, 1.82) is 0 Å². The number of aryl methyl sites for hydroxylation is 1. The van der Waals surface area contributed by atoms with Gasteiger partial charge in [0.05, 0.1) is 17.8 Å². The Bertz CT molecular complexity index is 1200. The van der Waals surface area contributed by atoms with Crippen molar-refractivity contribution >= 4 is 23.0 Å². The molecule has 1 N–H and O–H groups in total. The summed E-state index contributed by atoms with van der Waals surface area (Å²) in [6, 6.07) is 24.4. The highest BCUT2D eigenvalue weighted by Gasteiger charge is 2.42. The summed E-state index contributed by atoms with van der Waals surface area (Å²) in [6.07, 6.45) is 3.66. The van der Waals surface area contributed by atoms with Crippen molar-refractivity contribution in [2.24, 2.45) is 0 Å². The standard InChI is InChI=1S/C25H23N5S/c1-17-16-20(18(2)29(17)22-13-7-9-15-27-22)24-23(21-12-6-8-14-26-21)28-25(31)30(24)19-10-4-3-5-11-19/h3-16,23-24H,1-2H3,(H,28,31). The van der Waals surface area contributed by atoms with Crippen LogP contribution in [0.25, 0.3) is 5.82 Å². The molecule has 154 valence electrons. The normalized spacial score (nSPS) is 18.3. The zero-order chi connectivity index (χ0) is 21.4. The van der Waals surface area contributed by atoms with E-state index in [9.17, 15) is 0 Å². The molecule has 3 aromatic heterocycles. The van der Waals surface area contributed by atoms with Crippen molar-refractivity contribution in [1.82, 2.24) is 19.9 Å². The Morgan fingerprint density at radius 2 is 1.58 bits per heavy atom. The summed E-state index contributed by atoms with van der Waals surface area (Å²) in [7, 11) is 0. The van der Waals surface area contributed by atoms with E-state index in [1.807, 2.05) is 60.9 Å². The summed E-state index contributed by atoms with van der Waals surface area (Å²) in [6.45, 7) is 4.27. The maximum atomic E-state index is 5.82. The first-order valence-corrected chi connectivity index (χ1v) is 10.7. The number of nitrogens with zero attached hydrogens (tertiary/aromatic N) is 4. The average molecular weight is 426 g/mol. The van der Waals surface area contributed by atoms with Gasteiger partial charge in [-0.15, -0.1) is 0 Å². The lowest BCUT2D eigenvalue weighted by atomic mass is 9.96. The van der Waals surface area contributed by atoms with Crippen LogP contribution in [0, 0.1) is 13.8 Å². The van der Waals surface area contributed by atoms with Crippen LogP contribution in [-0.2, 0) is 0 Å². The number of para-hydroxylation sites is 1. The molecule has 1 saturated heterocycles. The molecular weight excluding hydrogens is 402 g/mol. The number of rotatable bonds is 4. The molecule has 0 amide bonds. The van der Waals surface area contributed by atoms with Gasteiger partial charge < -0.3 is 14.8 Å². The summed E-state index contributed by atoms with van der Waals surface area (Å²) in [5.74, 6) is 0.915. The third kappa shape index (κ3) is 3.39. The Kier molecular flexibility index (Phi) is 5.00. The second kappa shape index (κ2) is 7.96. The Hall–Kier alpha value is -3.51. The van der Waals surface area contributed by atoms with Crippen molar-refractivity contribution < 1.29 is 0 Å².